The molecule has 0 saturated carbocycles. The Morgan fingerprint density at radius 2 is 2.30 bits per heavy atom. The van der Waals surface area contributed by atoms with Gasteiger partial charge in [0.05, 0.1) is 19.3 Å². The highest BCUT2D eigenvalue weighted by Gasteiger charge is 2.15. The number of benzene rings is 1. The van der Waals surface area contributed by atoms with E-state index in [9.17, 15) is 4.79 Å². The molecule has 1 atom stereocenters. The molecule has 1 heterocycles. The molecule has 0 aliphatic carbocycles. The number of hydrogen-bond acceptors (Lipinski definition) is 4. The Hall–Kier alpha value is -1.30. The molecule has 0 aromatic heterocycles. The van der Waals surface area contributed by atoms with Gasteiger partial charge in [-0.3, -0.25) is 4.79 Å². The van der Waals surface area contributed by atoms with Crippen molar-refractivity contribution in [1.82, 2.24) is 4.90 Å². The molecule has 6 heteroatoms. The molecular weight excluding hydrogens is 318 g/mol. The summed E-state index contributed by atoms with van der Waals surface area (Å²) < 4.78 is 16.6. The highest BCUT2D eigenvalue weighted by atomic mass is 35.5. The van der Waals surface area contributed by atoms with E-state index in [-0.39, 0.29) is 18.6 Å². The largest absolute Gasteiger partial charge is 0.492 e. The van der Waals surface area contributed by atoms with Gasteiger partial charge < -0.3 is 19.1 Å². The molecule has 0 radical (unpaired) electrons. The fraction of sp³-hybridized carbons (Fsp3) is 0.588. The standard InChI is InChI=1S/C17H24ClNO4/c1-19(8-10-23-15-7-4-5-14(18)11-15)17(20)13-21-12-16-6-2-3-9-22-16/h4-5,7,11,16H,2-3,6,8-10,12-13H2,1H3. The molecule has 0 N–H and O–H groups in total. The Balaban J connectivity index is 1.58. The zero-order valence-electron chi connectivity index (χ0n) is 13.5. The highest BCUT2D eigenvalue weighted by Crippen LogP contribution is 2.17. The van der Waals surface area contributed by atoms with Crippen LogP contribution in [-0.2, 0) is 14.3 Å². The topological polar surface area (TPSA) is 48.0 Å². The first-order valence-electron chi connectivity index (χ1n) is 7.97. The summed E-state index contributed by atoms with van der Waals surface area (Å²) in [4.78, 5) is 13.6. The van der Waals surface area contributed by atoms with Crippen molar-refractivity contribution in [2.45, 2.75) is 25.4 Å². The molecule has 1 fully saturated rings. The average molecular weight is 342 g/mol. The second-order valence-electron chi connectivity index (χ2n) is 5.62. The van der Waals surface area contributed by atoms with Gasteiger partial charge in [0.1, 0.15) is 19.0 Å². The van der Waals surface area contributed by atoms with Gasteiger partial charge in [-0.1, -0.05) is 17.7 Å². The van der Waals surface area contributed by atoms with E-state index in [0.29, 0.717) is 30.5 Å². The number of nitrogens with zero attached hydrogens (tertiary/aromatic N) is 1. The number of carbonyl (C=O) groups excluding carboxylic acids is 1. The fourth-order valence-corrected chi connectivity index (χ4v) is 2.49. The normalized spacial score (nSPS) is 17.7. The molecule has 23 heavy (non-hydrogen) atoms. The van der Waals surface area contributed by atoms with E-state index >= 15 is 0 Å². The molecule has 1 aliphatic heterocycles. The van der Waals surface area contributed by atoms with Crippen LogP contribution in [0.4, 0.5) is 0 Å². The number of amides is 1. The van der Waals surface area contributed by atoms with Crippen LogP contribution in [0.5, 0.6) is 5.75 Å². The molecule has 0 spiro atoms. The van der Waals surface area contributed by atoms with E-state index in [4.69, 9.17) is 25.8 Å². The van der Waals surface area contributed by atoms with Gasteiger partial charge in [0, 0.05) is 18.7 Å². The smallest absolute Gasteiger partial charge is 0.248 e. The molecule has 1 aromatic rings. The van der Waals surface area contributed by atoms with Crippen LogP contribution in [0.2, 0.25) is 5.02 Å². The quantitative estimate of drug-likeness (QED) is 0.729. The minimum absolute atomic E-state index is 0.0597. The zero-order valence-corrected chi connectivity index (χ0v) is 14.3. The van der Waals surface area contributed by atoms with Gasteiger partial charge in [-0.05, 0) is 37.5 Å². The predicted molar refractivity (Wildman–Crippen MR) is 89.0 cm³/mol. The van der Waals surface area contributed by atoms with Gasteiger partial charge in [-0.2, -0.15) is 0 Å². The molecule has 5 nitrogen and oxygen atoms in total. The van der Waals surface area contributed by atoms with Crippen molar-refractivity contribution >= 4 is 17.5 Å². The lowest BCUT2D eigenvalue weighted by atomic mass is 10.1. The minimum atomic E-state index is -0.0597. The molecule has 128 valence electrons. The SMILES string of the molecule is CN(CCOc1cccc(Cl)c1)C(=O)COCC1CCCCO1. The number of likely N-dealkylation sites (N-methyl/N-ethyl adjacent to an activating group) is 1. The lowest BCUT2D eigenvalue weighted by Gasteiger charge is -2.23. The molecular formula is C17H24ClNO4. The van der Waals surface area contributed by atoms with Crippen LogP contribution in [0.15, 0.2) is 24.3 Å². The first kappa shape index (κ1) is 18.0. The van der Waals surface area contributed by atoms with Crippen molar-refractivity contribution in [3.05, 3.63) is 29.3 Å². The summed E-state index contributed by atoms with van der Waals surface area (Å²) in [5.41, 5.74) is 0. The van der Waals surface area contributed by atoms with Crippen LogP contribution in [0.3, 0.4) is 0 Å². The van der Waals surface area contributed by atoms with Gasteiger partial charge in [-0.25, -0.2) is 0 Å². The summed E-state index contributed by atoms with van der Waals surface area (Å²) in [5, 5.41) is 0.630. The monoisotopic (exact) mass is 341 g/mol. The van der Waals surface area contributed by atoms with Crippen LogP contribution >= 0.6 is 11.6 Å². The van der Waals surface area contributed by atoms with Gasteiger partial charge in [0.25, 0.3) is 0 Å². The first-order chi connectivity index (χ1) is 11.1. The minimum Gasteiger partial charge on any atom is -0.492 e. The van der Waals surface area contributed by atoms with Crippen molar-refractivity contribution in [2.24, 2.45) is 0 Å². The van der Waals surface area contributed by atoms with Crippen LogP contribution in [0.1, 0.15) is 19.3 Å². The van der Waals surface area contributed by atoms with E-state index in [0.717, 1.165) is 19.4 Å². The zero-order chi connectivity index (χ0) is 16.5. The van der Waals surface area contributed by atoms with E-state index in [1.165, 1.54) is 6.42 Å². The van der Waals surface area contributed by atoms with Crippen LogP contribution in [-0.4, -0.2) is 56.9 Å². The molecule has 0 bridgehead atoms. The molecule has 1 aromatic carbocycles. The predicted octanol–water partition coefficient (Wildman–Crippen LogP) is 2.76. The van der Waals surface area contributed by atoms with Crippen LogP contribution in [0.25, 0.3) is 0 Å². The Morgan fingerprint density at radius 1 is 1.43 bits per heavy atom. The summed E-state index contributed by atoms with van der Waals surface area (Å²) in [5.74, 6) is 0.638. The van der Waals surface area contributed by atoms with Crippen molar-refractivity contribution < 1.29 is 19.0 Å². The summed E-state index contributed by atoms with van der Waals surface area (Å²) in [6, 6.07) is 7.20. The average Bonchev–Trinajstić information content (AvgIpc) is 2.55. The Bertz CT molecular complexity index is 491. The van der Waals surface area contributed by atoms with Gasteiger partial charge >= 0.3 is 0 Å². The Morgan fingerprint density at radius 3 is 3.04 bits per heavy atom. The van der Waals surface area contributed by atoms with Gasteiger partial charge in [0.15, 0.2) is 0 Å². The number of halogens is 1. The van der Waals surface area contributed by atoms with Crippen LogP contribution in [0, 0.1) is 0 Å². The molecule has 1 saturated heterocycles. The van der Waals surface area contributed by atoms with Crippen molar-refractivity contribution in [3.63, 3.8) is 0 Å². The number of ether oxygens (including phenoxy) is 3. The summed E-state index contributed by atoms with van der Waals surface area (Å²) in [6.07, 6.45) is 3.43. The Kier molecular flexibility index (Phi) is 7.65. The lowest BCUT2D eigenvalue weighted by Crippen LogP contribution is -2.35. The molecule has 1 aliphatic rings. The van der Waals surface area contributed by atoms with Crippen LogP contribution < -0.4 is 4.74 Å². The van der Waals surface area contributed by atoms with E-state index < -0.39 is 0 Å². The molecule has 2 rings (SSSR count). The maximum absolute atomic E-state index is 12.0. The van der Waals surface area contributed by atoms with Gasteiger partial charge in [-0.15, -0.1) is 0 Å². The third kappa shape index (κ3) is 6.77. The summed E-state index contributed by atoms with van der Waals surface area (Å²) >= 11 is 5.89. The number of carbonyl (C=O) groups is 1. The third-order valence-electron chi connectivity index (χ3n) is 3.72. The maximum Gasteiger partial charge on any atom is 0.248 e. The first-order valence-corrected chi connectivity index (χ1v) is 8.34. The maximum atomic E-state index is 12.0. The third-order valence-corrected chi connectivity index (χ3v) is 3.96. The second kappa shape index (κ2) is 9.75. The molecule has 1 amide bonds. The highest BCUT2D eigenvalue weighted by molar-refractivity contribution is 6.30. The number of hydrogen-bond donors (Lipinski definition) is 0. The summed E-state index contributed by atoms with van der Waals surface area (Å²) in [7, 11) is 1.74. The van der Waals surface area contributed by atoms with Crippen molar-refractivity contribution in [2.75, 3.05) is 40.0 Å². The van der Waals surface area contributed by atoms with E-state index in [1.54, 1.807) is 24.1 Å². The van der Waals surface area contributed by atoms with Crippen molar-refractivity contribution in [1.29, 1.82) is 0 Å². The fourth-order valence-electron chi connectivity index (χ4n) is 2.31. The van der Waals surface area contributed by atoms with Gasteiger partial charge in [0.2, 0.25) is 5.91 Å². The summed E-state index contributed by atoms with van der Waals surface area (Å²) in [6.45, 7) is 2.26. The Labute approximate surface area is 142 Å². The van der Waals surface area contributed by atoms with Crippen molar-refractivity contribution in [3.8, 4) is 5.75 Å². The number of rotatable bonds is 8. The second-order valence-corrected chi connectivity index (χ2v) is 6.06. The molecule has 1 unspecified atom stereocenters. The van der Waals surface area contributed by atoms with E-state index in [1.807, 2.05) is 12.1 Å². The lowest BCUT2D eigenvalue weighted by molar-refractivity contribution is -0.137. The van der Waals surface area contributed by atoms with E-state index in [2.05, 4.69) is 0 Å².